The number of hydrogen-bond acceptors (Lipinski definition) is 4. The lowest BCUT2D eigenvalue weighted by Gasteiger charge is -2.20. The molecule has 2 aromatic rings. The second-order valence-corrected chi connectivity index (χ2v) is 8.05. The van der Waals surface area contributed by atoms with E-state index in [0.717, 1.165) is 16.8 Å². The minimum atomic E-state index is -0.589. The number of amides is 1. The zero-order valence-electron chi connectivity index (χ0n) is 18.0. The minimum absolute atomic E-state index is 0.0681. The molecule has 0 bridgehead atoms. The van der Waals surface area contributed by atoms with Crippen molar-refractivity contribution in [2.75, 3.05) is 6.54 Å². The number of aryl methyl sites for hydroxylation is 2. The van der Waals surface area contributed by atoms with E-state index in [0.29, 0.717) is 30.8 Å². The van der Waals surface area contributed by atoms with Crippen LogP contribution >= 0.6 is 11.6 Å². The first-order valence-electron chi connectivity index (χ1n) is 10.1. The summed E-state index contributed by atoms with van der Waals surface area (Å²) in [5.41, 5.74) is 3.96. The van der Waals surface area contributed by atoms with Crippen molar-refractivity contribution >= 4 is 28.9 Å². The summed E-state index contributed by atoms with van der Waals surface area (Å²) in [7, 11) is 0. The molecule has 160 valence electrons. The van der Waals surface area contributed by atoms with Crippen molar-refractivity contribution < 1.29 is 9.53 Å². The number of nitrogens with zero attached hydrogens (tertiary/aromatic N) is 4. The number of nitrogens with one attached hydrogen (secondary N) is 1. The molecule has 0 aliphatic carbocycles. The van der Waals surface area contributed by atoms with Crippen LogP contribution in [0.4, 0.5) is 5.69 Å². The maximum absolute atomic E-state index is 12.7. The summed E-state index contributed by atoms with van der Waals surface area (Å²) in [6.07, 6.45) is 0.375. The molecular formula is C23H24ClN5O2. The van der Waals surface area contributed by atoms with Crippen molar-refractivity contribution in [3.63, 3.8) is 0 Å². The highest BCUT2D eigenvalue weighted by atomic mass is 35.5. The monoisotopic (exact) mass is 437 g/mol. The van der Waals surface area contributed by atoms with Gasteiger partial charge in [0.05, 0.1) is 23.9 Å². The van der Waals surface area contributed by atoms with Crippen LogP contribution in [-0.2, 0) is 11.2 Å². The average molecular weight is 438 g/mol. The number of ether oxygens (including phenoxy) is 1. The molecule has 0 fully saturated rings. The van der Waals surface area contributed by atoms with Crippen molar-refractivity contribution in [1.82, 2.24) is 9.99 Å². The number of nitriles is 1. The lowest BCUT2D eigenvalue weighted by atomic mass is 10.0. The van der Waals surface area contributed by atoms with Crippen LogP contribution in [0.25, 0.3) is 4.85 Å². The molecule has 8 heteroatoms. The molecule has 1 N–H and O–H groups in total. The van der Waals surface area contributed by atoms with Crippen LogP contribution in [0.2, 0.25) is 5.15 Å². The Morgan fingerprint density at radius 1 is 1.48 bits per heavy atom. The molecule has 7 nitrogen and oxygen atoms in total. The summed E-state index contributed by atoms with van der Waals surface area (Å²) in [4.78, 5) is 16.0. The highest BCUT2D eigenvalue weighted by Gasteiger charge is 2.30. The molecule has 3 rings (SSSR count). The topological polar surface area (TPSA) is 83.8 Å². The molecule has 0 radical (unpaired) electrons. The van der Waals surface area contributed by atoms with Crippen LogP contribution in [0.5, 0.6) is 5.75 Å². The quantitative estimate of drug-likeness (QED) is 0.645. The van der Waals surface area contributed by atoms with Gasteiger partial charge in [0.15, 0.2) is 6.10 Å². The van der Waals surface area contributed by atoms with E-state index < -0.39 is 6.10 Å². The number of hydrogen-bond donors (Lipinski definition) is 1. The molecule has 1 aromatic heterocycles. The summed E-state index contributed by atoms with van der Waals surface area (Å²) in [6.45, 7) is 15.4. The van der Waals surface area contributed by atoms with Gasteiger partial charge in [0, 0.05) is 24.6 Å². The lowest BCUT2D eigenvalue weighted by Crippen LogP contribution is -2.41. The van der Waals surface area contributed by atoms with Crippen molar-refractivity contribution in [3.8, 4) is 11.8 Å². The Balaban J connectivity index is 1.64. The highest BCUT2D eigenvalue weighted by Crippen LogP contribution is 2.37. The molecule has 1 aromatic carbocycles. The number of aromatic nitrogens is 1. The predicted molar refractivity (Wildman–Crippen MR) is 120 cm³/mol. The van der Waals surface area contributed by atoms with Crippen LogP contribution in [0.3, 0.4) is 0 Å². The number of carbonyl (C=O) groups excluding carboxylic acids is 1. The fourth-order valence-electron chi connectivity index (χ4n) is 3.55. The zero-order valence-corrected chi connectivity index (χ0v) is 18.7. The van der Waals surface area contributed by atoms with E-state index in [-0.39, 0.29) is 28.2 Å². The van der Waals surface area contributed by atoms with Crippen LogP contribution < -0.4 is 10.1 Å². The summed E-state index contributed by atoms with van der Waals surface area (Å²) < 4.78 is 7.41. The predicted octanol–water partition coefficient (Wildman–Crippen LogP) is 4.55. The van der Waals surface area contributed by atoms with E-state index in [1.54, 1.807) is 0 Å². The minimum Gasteiger partial charge on any atom is -0.480 e. The Kier molecular flexibility index (Phi) is 6.68. The van der Waals surface area contributed by atoms with Crippen molar-refractivity contribution in [1.29, 1.82) is 5.26 Å². The largest absolute Gasteiger partial charge is 0.480 e. The fourth-order valence-corrected chi connectivity index (χ4v) is 3.83. The first-order chi connectivity index (χ1) is 14.8. The number of rotatable bonds is 7. The second-order valence-electron chi connectivity index (χ2n) is 7.69. The molecule has 0 spiro atoms. The Bertz CT molecular complexity index is 1140. The van der Waals surface area contributed by atoms with Gasteiger partial charge in [-0.15, -0.1) is 0 Å². The molecule has 2 heterocycles. The first-order valence-corrected chi connectivity index (χ1v) is 10.5. The molecule has 31 heavy (non-hydrogen) atoms. The lowest BCUT2D eigenvalue weighted by molar-refractivity contribution is -0.128. The van der Waals surface area contributed by atoms with E-state index in [2.05, 4.69) is 21.3 Å². The molecule has 1 amide bonds. The Labute approximate surface area is 187 Å². The van der Waals surface area contributed by atoms with E-state index >= 15 is 0 Å². The van der Waals surface area contributed by atoms with Crippen LogP contribution in [0.1, 0.15) is 42.7 Å². The fraction of sp³-hybridized carbons (Fsp3) is 0.391. The number of carbonyl (C=O) groups is 1. The maximum atomic E-state index is 12.7. The third-order valence-electron chi connectivity index (χ3n) is 5.38. The van der Waals surface area contributed by atoms with Crippen LogP contribution in [-0.4, -0.2) is 28.9 Å². The summed E-state index contributed by atoms with van der Waals surface area (Å²) in [5, 5.41) is 17.0. The van der Waals surface area contributed by atoms with Crippen molar-refractivity contribution in [2.45, 2.75) is 46.6 Å². The summed E-state index contributed by atoms with van der Waals surface area (Å²) in [6, 6.07) is 7.92. The van der Waals surface area contributed by atoms with Crippen molar-refractivity contribution in [2.24, 2.45) is 11.0 Å². The van der Waals surface area contributed by atoms with Gasteiger partial charge < -0.3 is 10.1 Å². The van der Waals surface area contributed by atoms with Gasteiger partial charge in [-0.2, -0.15) is 10.4 Å². The average Bonchev–Trinajstić information content (AvgIpc) is 3.29. The number of fused-ring (bicyclic) bond motifs is 1. The van der Waals surface area contributed by atoms with Gasteiger partial charge in [0.1, 0.15) is 10.9 Å². The second kappa shape index (κ2) is 9.24. The Morgan fingerprint density at radius 3 is 2.84 bits per heavy atom. The van der Waals surface area contributed by atoms with Gasteiger partial charge in [-0.1, -0.05) is 43.1 Å². The number of halogens is 1. The third kappa shape index (κ3) is 4.42. The molecule has 0 saturated heterocycles. The Morgan fingerprint density at radius 2 is 2.23 bits per heavy atom. The highest BCUT2D eigenvalue weighted by molar-refractivity contribution is 6.33. The molecular weight excluding hydrogens is 414 g/mol. The van der Waals surface area contributed by atoms with E-state index in [1.165, 1.54) is 4.68 Å². The normalized spacial score (nSPS) is 14.1. The van der Waals surface area contributed by atoms with E-state index in [1.807, 2.05) is 45.9 Å². The summed E-state index contributed by atoms with van der Waals surface area (Å²) in [5.74, 6) is 0.453. The molecule has 1 aliphatic rings. The molecule has 1 aliphatic heterocycles. The first kappa shape index (κ1) is 22.4. The Hall–Kier alpha value is -3.29. The van der Waals surface area contributed by atoms with Gasteiger partial charge >= 0.3 is 0 Å². The number of benzene rings is 1. The molecule has 2 unspecified atom stereocenters. The third-order valence-corrected chi connectivity index (χ3v) is 5.72. The van der Waals surface area contributed by atoms with Gasteiger partial charge in [0.25, 0.3) is 5.91 Å². The van der Waals surface area contributed by atoms with Crippen molar-refractivity contribution in [3.05, 3.63) is 57.2 Å². The van der Waals surface area contributed by atoms with Crippen LogP contribution in [0.15, 0.2) is 23.3 Å². The molecule has 2 atom stereocenters. The van der Waals surface area contributed by atoms with Gasteiger partial charge in [-0.3, -0.25) is 4.79 Å². The van der Waals surface area contributed by atoms with Gasteiger partial charge in [-0.25, -0.2) is 9.52 Å². The smallest absolute Gasteiger partial charge is 0.261 e. The van der Waals surface area contributed by atoms with Gasteiger partial charge in [0.2, 0.25) is 5.69 Å². The van der Waals surface area contributed by atoms with E-state index in [4.69, 9.17) is 22.9 Å². The summed E-state index contributed by atoms with van der Waals surface area (Å²) >= 11 is 6.22. The van der Waals surface area contributed by atoms with E-state index in [9.17, 15) is 10.1 Å². The van der Waals surface area contributed by atoms with Crippen LogP contribution in [0, 0.1) is 37.7 Å². The molecule has 0 saturated carbocycles. The SMILES string of the molecule is [C-]#[N+]c1c(C#N)c2n(c1Cl)N=C(C(C)CNC(=O)C(CC)Oc1ccc(C)cc1C)C2. The van der Waals surface area contributed by atoms with Gasteiger partial charge in [-0.05, 0) is 31.9 Å². The maximum Gasteiger partial charge on any atom is 0.261 e. The standard InChI is InChI=1S/C23H24ClN5O2/c1-6-19(31-20-8-7-13(2)9-14(20)3)23(30)27-12-15(4)17-10-18-16(11-25)21(26-5)22(24)29(18)28-17/h7-9,15,19H,6,10,12H2,1-4H3,(H,27,30). The zero-order chi connectivity index (χ0) is 22.7.